The van der Waals surface area contributed by atoms with Crippen LogP contribution in [0.25, 0.3) is 0 Å². The highest BCUT2D eigenvalue weighted by atomic mass is 15.2. The summed E-state index contributed by atoms with van der Waals surface area (Å²) in [6.07, 6.45) is 4.48. The zero-order chi connectivity index (χ0) is 6.27. The highest BCUT2D eigenvalue weighted by Gasteiger charge is 2.39. The zero-order valence-corrected chi connectivity index (χ0v) is 6.14. The minimum atomic E-state index is 1.01. The third kappa shape index (κ3) is 0.710. The summed E-state index contributed by atoms with van der Waals surface area (Å²) < 4.78 is 0. The Labute approximate surface area is 57.0 Å². The van der Waals surface area contributed by atoms with Crippen molar-refractivity contribution < 1.29 is 0 Å². The van der Waals surface area contributed by atoms with Crippen molar-refractivity contribution in [2.75, 3.05) is 13.1 Å². The predicted molar refractivity (Wildman–Crippen MR) is 38.4 cm³/mol. The van der Waals surface area contributed by atoms with Crippen LogP contribution in [0.1, 0.15) is 26.2 Å². The monoisotopic (exact) mass is 125 g/mol. The van der Waals surface area contributed by atoms with E-state index in [-0.39, 0.29) is 0 Å². The molecular formula is C8H15N. The molecule has 0 bridgehead atoms. The van der Waals surface area contributed by atoms with Gasteiger partial charge in [0, 0.05) is 6.04 Å². The molecule has 0 aromatic rings. The molecule has 0 spiro atoms. The largest absolute Gasteiger partial charge is 0.300 e. The summed E-state index contributed by atoms with van der Waals surface area (Å²) in [6.45, 7) is 4.94. The molecule has 0 aromatic heterocycles. The van der Waals surface area contributed by atoms with Gasteiger partial charge in [0.15, 0.2) is 0 Å². The first-order valence-electron chi connectivity index (χ1n) is 4.16. The molecule has 2 fully saturated rings. The molecule has 0 N–H and O–H groups in total. The molecule has 1 unspecified atom stereocenters. The fourth-order valence-corrected chi connectivity index (χ4v) is 2.26. The van der Waals surface area contributed by atoms with Gasteiger partial charge in [-0.25, -0.2) is 0 Å². The molecule has 0 amide bonds. The van der Waals surface area contributed by atoms with E-state index < -0.39 is 0 Å². The highest BCUT2D eigenvalue weighted by molar-refractivity contribution is 4.94. The highest BCUT2D eigenvalue weighted by Crippen LogP contribution is 2.39. The van der Waals surface area contributed by atoms with Crippen LogP contribution in [0.4, 0.5) is 0 Å². The van der Waals surface area contributed by atoms with Gasteiger partial charge in [-0.05, 0) is 38.3 Å². The van der Waals surface area contributed by atoms with Crippen molar-refractivity contribution in [1.29, 1.82) is 0 Å². The molecule has 1 nitrogen and oxygen atoms in total. The molecule has 1 saturated heterocycles. The molecule has 2 atom stereocenters. The summed E-state index contributed by atoms with van der Waals surface area (Å²) in [6, 6.07) is 1.01. The minimum Gasteiger partial charge on any atom is -0.300 e. The molecule has 2 aliphatic rings. The van der Waals surface area contributed by atoms with Crippen LogP contribution in [-0.4, -0.2) is 24.0 Å². The molecule has 1 aliphatic heterocycles. The number of hydrogen-bond donors (Lipinski definition) is 0. The predicted octanol–water partition coefficient (Wildman–Crippen LogP) is 1.49. The maximum absolute atomic E-state index is 2.63. The Bertz CT molecular complexity index is 109. The van der Waals surface area contributed by atoms with Gasteiger partial charge in [-0.1, -0.05) is 6.92 Å². The number of hydrogen-bond acceptors (Lipinski definition) is 1. The Hall–Kier alpha value is -0.0400. The van der Waals surface area contributed by atoms with Crippen molar-refractivity contribution in [2.24, 2.45) is 5.92 Å². The van der Waals surface area contributed by atoms with Gasteiger partial charge in [0.25, 0.3) is 0 Å². The van der Waals surface area contributed by atoms with Crippen LogP contribution >= 0.6 is 0 Å². The lowest BCUT2D eigenvalue weighted by Crippen LogP contribution is -2.38. The summed E-state index contributed by atoms with van der Waals surface area (Å²) in [5.41, 5.74) is 0. The van der Waals surface area contributed by atoms with E-state index in [1.807, 2.05) is 0 Å². The molecule has 0 aromatic carbocycles. The first-order chi connectivity index (χ1) is 4.42. The van der Waals surface area contributed by atoms with E-state index in [1.165, 1.54) is 32.4 Å². The van der Waals surface area contributed by atoms with Crippen molar-refractivity contribution in [3.05, 3.63) is 0 Å². The molecular weight excluding hydrogens is 110 g/mol. The summed E-state index contributed by atoms with van der Waals surface area (Å²) in [4.78, 5) is 2.63. The van der Waals surface area contributed by atoms with Gasteiger partial charge >= 0.3 is 0 Å². The smallest absolute Gasteiger partial charge is 0.0124 e. The lowest BCUT2D eigenvalue weighted by Gasteiger charge is -2.35. The maximum Gasteiger partial charge on any atom is 0.0124 e. The van der Waals surface area contributed by atoms with Crippen LogP contribution in [0, 0.1) is 5.92 Å². The average molecular weight is 125 g/mol. The lowest BCUT2D eigenvalue weighted by atomic mass is 9.80. The number of fused-ring (bicyclic) bond motifs is 1. The Morgan fingerprint density at radius 3 is 2.56 bits per heavy atom. The van der Waals surface area contributed by atoms with Gasteiger partial charge in [-0.2, -0.15) is 0 Å². The van der Waals surface area contributed by atoms with E-state index in [9.17, 15) is 0 Å². The maximum atomic E-state index is 2.63. The molecule has 9 heavy (non-hydrogen) atoms. The molecule has 0 radical (unpaired) electrons. The van der Waals surface area contributed by atoms with Gasteiger partial charge in [-0.15, -0.1) is 0 Å². The average Bonchev–Trinajstić information content (AvgIpc) is 2.07. The van der Waals surface area contributed by atoms with Crippen LogP contribution in [0.15, 0.2) is 0 Å². The van der Waals surface area contributed by atoms with E-state index in [0.29, 0.717) is 0 Å². The third-order valence-corrected chi connectivity index (χ3v) is 3.04. The van der Waals surface area contributed by atoms with Crippen LogP contribution in [-0.2, 0) is 0 Å². The van der Waals surface area contributed by atoms with Gasteiger partial charge in [0.2, 0.25) is 0 Å². The van der Waals surface area contributed by atoms with E-state index in [4.69, 9.17) is 0 Å². The fourth-order valence-electron chi connectivity index (χ4n) is 2.26. The first kappa shape index (κ1) is 5.72. The number of nitrogens with zero attached hydrogens (tertiary/aromatic N) is 1. The topological polar surface area (TPSA) is 3.24 Å². The number of likely N-dealkylation sites (tertiary alicyclic amines) is 1. The van der Waals surface area contributed by atoms with Crippen molar-refractivity contribution >= 4 is 0 Å². The van der Waals surface area contributed by atoms with Gasteiger partial charge in [0.1, 0.15) is 0 Å². The molecule has 1 heteroatoms. The quantitative estimate of drug-likeness (QED) is 0.513. The Morgan fingerprint density at radius 1 is 1.33 bits per heavy atom. The summed E-state index contributed by atoms with van der Waals surface area (Å²) in [5, 5.41) is 0. The van der Waals surface area contributed by atoms with Gasteiger partial charge in [0.05, 0.1) is 0 Å². The molecule has 1 heterocycles. The van der Waals surface area contributed by atoms with Crippen molar-refractivity contribution in [3.8, 4) is 0 Å². The van der Waals surface area contributed by atoms with E-state index in [2.05, 4.69) is 11.8 Å². The summed E-state index contributed by atoms with van der Waals surface area (Å²) in [5.74, 6) is 1.10. The normalized spacial score (nSPS) is 42.3. The SMILES string of the molecule is CCN1CCC2CC[C@@H]21. The van der Waals surface area contributed by atoms with Crippen LogP contribution in [0.3, 0.4) is 0 Å². The van der Waals surface area contributed by atoms with Gasteiger partial charge < -0.3 is 4.90 Å². The van der Waals surface area contributed by atoms with E-state index in [0.717, 1.165) is 12.0 Å². The van der Waals surface area contributed by atoms with E-state index >= 15 is 0 Å². The van der Waals surface area contributed by atoms with Crippen molar-refractivity contribution in [1.82, 2.24) is 4.90 Å². The van der Waals surface area contributed by atoms with Crippen LogP contribution < -0.4 is 0 Å². The standard InChI is InChI=1S/C8H15N/c1-2-9-6-5-7-3-4-8(7)9/h7-8H,2-6H2,1H3/t7?,8-/m0/s1. The Balaban J connectivity index is 1.97. The molecule has 1 saturated carbocycles. The molecule has 52 valence electrons. The minimum absolute atomic E-state index is 1.01. The van der Waals surface area contributed by atoms with Crippen molar-refractivity contribution in [3.63, 3.8) is 0 Å². The van der Waals surface area contributed by atoms with Crippen molar-refractivity contribution in [2.45, 2.75) is 32.2 Å². The number of rotatable bonds is 1. The van der Waals surface area contributed by atoms with Crippen LogP contribution in [0.2, 0.25) is 0 Å². The molecule has 1 aliphatic carbocycles. The fraction of sp³-hybridized carbons (Fsp3) is 1.00. The second kappa shape index (κ2) is 1.98. The summed E-state index contributed by atoms with van der Waals surface area (Å²) >= 11 is 0. The Morgan fingerprint density at radius 2 is 2.22 bits per heavy atom. The zero-order valence-electron chi connectivity index (χ0n) is 6.14. The van der Waals surface area contributed by atoms with Crippen LogP contribution in [0.5, 0.6) is 0 Å². The Kier molecular flexibility index (Phi) is 1.26. The lowest BCUT2D eigenvalue weighted by molar-refractivity contribution is 0.149. The second-order valence-corrected chi connectivity index (χ2v) is 3.32. The van der Waals surface area contributed by atoms with E-state index in [1.54, 1.807) is 0 Å². The van der Waals surface area contributed by atoms with Gasteiger partial charge in [-0.3, -0.25) is 0 Å². The first-order valence-corrected chi connectivity index (χ1v) is 4.16. The molecule has 2 rings (SSSR count). The summed E-state index contributed by atoms with van der Waals surface area (Å²) in [7, 11) is 0. The third-order valence-electron chi connectivity index (χ3n) is 3.04. The second-order valence-electron chi connectivity index (χ2n) is 3.32.